The first-order chi connectivity index (χ1) is 8.41. The van der Waals surface area contributed by atoms with E-state index in [9.17, 15) is 8.42 Å². The summed E-state index contributed by atoms with van der Waals surface area (Å²) in [4.78, 5) is -0.180. The fourth-order valence-electron chi connectivity index (χ4n) is 1.31. The molecule has 0 aliphatic carbocycles. The van der Waals surface area contributed by atoms with Gasteiger partial charge in [0.05, 0.1) is 4.90 Å². The summed E-state index contributed by atoms with van der Waals surface area (Å²) in [6.07, 6.45) is 0. The van der Waals surface area contributed by atoms with Crippen LogP contribution in [0.2, 0.25) is 0 Å². The maximum absolute atomic E-state index is 10.6. The summed E-state index contributed by atoms with van der Waals surface area (Å²) >= 11 is 0. The average Bonchev–Trinajstić information content (AvgIpc) is 2.30. The van der Waals surface area contributed by atoms with Crippen LogP contribution >= 0.6 is 0 Å². The second-order valence-corrected chi connectivity index (χ2v) is 4.97. The minimum absolute atomic E-state index is 0.0279. The second-order valence-electron chi connectivity index (χ2n) is 3.58. The van der Waals surface area contributed by atoms with Crippen LogP contribution in [0.5, 0.6) is 5.75 Å². The van der Waals surface area contributed by atoms with Crippen molar-refractivity contribution in [2.45, 2.75) is 11.8 Å². The van der Waals surface area contributed by atoms with Crippen LogP contribution in [-0.4, -0.2) is 18.1 Å². The normalized spacial score (nSPS) is 10.3. The van der Waals surface area contributed by atoms with Crippen molar-refractivity contribution in [3.8, 4) is 5.75 Å². The van der Waals surface area contributed by atoms with Gasteiger partial charge < -0.3 is 5.11 Å². The number of aromatic hydroxyl groups is 1. The fourth-order valence-corrected chi connectivity index (χ4v) is 2.01. The Bertz CT molecular complexity index is 565. The van der Waals surface area contributed by atoms with E-state index in [0.717, 1.165) is 6.07 Å². The van der Waals surface area contributed by atoms with E-state index in [-0.39, 0.29) is 10.6 Å². The highest BCUT2D eigenvalue weighted by Crippen LogP contribution is 2.19. The smallest absolute Gasteiger partial charge is 0.294 e. The summed E-state index contributed by atoms with van der Waals surface area (Å²) < 4.78 is 29.9. The Kier molecular flexibility index (Phi) is 4.88. The minimum Gasteiger partial charge on any atom is -0.508 e. The number of phenolic OH excluding ortho intramolecular Hbond substituents is 1. The fraction of sp³-hybridized carbons (Fsp3) is 0.0769. The van der Waals surface area contributed by atoms with Gasteiger partial charge in [0.1, 0.15) is 5.75 Å². The minimum atomic E-state index is -4.16. The molecule has 18 heavy (non-hydrogen) atoms. The van der Waals surface area contributed by atoms with Gasteiger partial charge in [-0.25, -0.2) is 0 Å². The number of hydrogen-bond acceptors (Lipinski definition) is 3. The topological polar surface area (TPSA) is 74.6 Å². The zero-order chi connectivity index (χ0) is 13.6. The molecule has 0 fully saturated rings. The number of aryl methyl sites for hydroxylation is 1. The van der Waals surface area contributed by atoms with Crippen LogP contribution < -0.4 is 0 Å². The zero-order valence-electron chi connectivity index (χ0n) is 9.82. The Morgan fingerprint density at radius 3 is 1.72 bits per heavy atom. The van der Waals surface area contributed by atoms with Gasteiger partial charge >= 0.3 is 0 Å². The van der Waals surface area contributed by atoms with Crippen LogP contribution in [0.3, 0.4) is 0 Å². The molecule has 2 aromatic rings. The number of hydrogen-bond donors (Lipinski definition) is 2. The molecule has 0 bridgehead atoms. The van der Waals surface area contributed by atoms with E-state index < -0.39 is 10.1 Å². The Morgan fingerprint density at radius 1 is 0.944 bits per heavy atom. The van der Waals surface area contributed by atoms with Crippen molar-refractivity contribution < 1.29 is 18.1 Å². The molecular weight excluding hydrogens is 252 g/mol. The van der Waals surface area contributed by atoms with Gasteiger partial charge in [0.2, 0.25) is 0 Å². The molecule has 0 saturated heterocycles. The molecule has 0 aliphatic heterocycles. The van der Waals surface area contributed by atoms with Crippen LogP contribution in [-0.2, 0) is 10.1 Å². The van der Waals surface area contributed by atoms with Gasteiger partial charge in [0.15, 0.2) is 0 Å². The third-order valence-electron chi connectivity index (χ3n) is 2.10. The molecule has 2 rings (SSSR count). The number of rotatable bonds is 1. The van der Waals surface area contributed by atoms with Gasteiger partial charge in [-0.3, -0.25) is 4.55 Å². The van der Waals surface area contributed by atoms with Crippen molar-refractivity contribution in [1.82, 2.24) is 0 Å². The Hall–Kier alpha value is -1.85. The monoisotopic (exact) mass is 266 g/mol. The highest BCUT2D eigenvalue weighted by molar-refractivity contribution is 7.85. The predicted molar refractivity (Wildman–Crippen MR) is 69.1 cm³/mol. The Balaban J connectivity index is 0.000000225. The van der Waals surface area contributed by atoms with Crippen LogP contribution in [0.25, 0.3) is 0 Å². The van der Waals surface area contributed by atoms with E-state index in [4.69, 9.17) is 9.66 Å². The van der Waals surface area contributed by atoms with Crippen molar-refractivity contribution >= 4 is 10.1 Å². The lowest BCUT2D eigenvalue weighted by atomic mass is 10.2. The highest BCUT2D eigenvalue weighted by Gasteiger charge is 2.12. The molecule has 0 amide bonds. The third-order valence-corrected chi connectivity index (χ3v) is 3.12. The molecule has 0 aromatic heterocycles. The molecule has 0 spiro atoms. The van der Waals surface area contributed by atoms with Crippen molar-refractivity contribution in [2.24, 2.45) is 0 Å². The maximum Gasteiger partial charge on any atom is 0.294 e. The molecule has 0 aliphatic rings. The van der Waals surface area contributed by atoms with E-state index in [1.807, 2.05) is 36.4 Å². The second kappa shape index (κ2) is 6.18. The molecular formula is C13H14O4S. The molecule has 96 valence electrons. The summed E-state index contributed by atoms with van der Waals surface area (Å²) in [5.41, 5.74) is 0.317. The van der Waals surface area contributed by atoms with Gasteiger partial charge in [-0.2, -0.15) is 8.42 Å². The van der Waals surface area contributed by atoms with Crippen LogP contribution in [0, 0.1) is 6.92 Å². The lowest BCUT2D eigenvalue weighted by Crippen LogP contribution is -1.99. The molecule has 5 heteroatoms. The summed E-state index contributed by atoms with van der Waals surface area (Å²) in [6, 6.07) is 15.6. The summed E-state index contributed by atoms with van der Waals surface area (Å²) in [7, 11) is -4.16. The van der Waals surface area contributed by atoms with Crippen molar-refractivity contribution in [2.75, 3.05) is 0 Å². The van der Waals surface area contributed by atoms with Gasteiger partial charge in [0, 0.05) is 0 Å². The lowest BCUT2D eigenvalue weighted by molar-refractivity contribution is 0.472. The van der Waals surface area contributed by atoms with Crippen molar-refractivity contribution in [3.63, 3.8) is 0 Å². The Morgan fingerprint density at radius 2 is 1.39 bits per heavy atom. The average molecular weight is 266 g/mol. The summed E-state index contributed by atoms with van der Waals surface area (Å²) in [5, 5.41) is 8.93. The SMILES string of the molecule is Cc1cc(O)ccc1S(=O)(=O)O.c1ccccc1. The predicted octanol–water partition coefficient (Wildman–Crippen LogP) is 2.63. The third kappa shape index (κ3) is 4.57. The van der Waals surface area contributed by atoms with Crippen molar-refractivity contribution in [1.29, 1.82) is 0 Å². The Labute approximate surface area is 106 Å². The van der Waals surface area contributed by atoms with E-state index in [1.165, 1.54) is 19.1 Å². The van der Waals surface area contributed by atoms with Gasteiger partial charge in [-0.1, -0.05) is 36.4 Å². The molecule has 0 radical (unpaired) electrons. The van der Waals surface area contributed by atoms with Gasteiger partial charge in [0.25, 0.3) is 10.1 Å². The van der Waals surface area contributed by atoms with E-state index in [2.05, 4.69) is 0 Å². The first-order valence-corrected chi connectivity index (χ1v) is 6.62. The molecule has 0 saturated carbocycles. The zero-order valence-corrected chi connectivity index (χ0v) is 10.6. The summed E-state index contributed by atoms with van der Waals surface area (Å²) in [5.74, 6) is -0.0279. The largest absolute Gasteiger partial charge is 0.508 e. The lowest BCUT2D eigenvalue weighted by Gasteiger charge is -2.01. The first kappa shape index (κ1) is 14.2. The molecule has 2 N–H and O–H groups in total. The molecule has 4 nitrogen and oxygen atoms in total. The first-order valence-electron chi connectivity index (χ1n) is 5.18. The van der Waals surface area contributed by atoms with E-state index >= 15 is 0 Å². The molecule has 2 aromatic carbocycles. The number of phenols is 1. The maximum atomic E-state index is 10.6. The summed E-state index contributed by atoms with van der Waals surface area (Å²) in [6.45, 7) is 1.49. The van der Waals surface area contributed by atoms with E-state index in [0.29, 0.717) is 5.56 Å². The molecule has 0 atom stereocenters. The standard InChI is InChI=1S/C7H8O4S.C6H6/c1-5-4-6(8)2-3-7(5)12(9,10)11;1-2-4-6-5-3-1/h2-4,8H,1H3,(H,9,10,11);1-6H. The number of benzene rings is 2. The van der Waals surface area contributed by atoms with E-state index in [1.54, 1.807) is 0 Å². The van der Waals surface area contributed by atoms with Crippen molar-refractivity contribution in [3.05, 3.63) is 60.2 Å². The molecule has 0 unspecified atom stereocenters. The van der Waals surface area contributed by atoms with Crippen LogP contribution in [0.4, 0.5) is 0 Å². The van der Waals surface area contributed by atoms with Gasteiger partial charge in [-0.05, 0) is 30.7 Å². The molecule has 0 heterocycles. The van der Waals surface area contributed by atoms with Crippen LogP contribution in [0.1, 0.15) is 5.56 Å². The quantitative estimate of drug-likeness (QED) is 0.778. The highest BCUT2D eigenvalue weighted by atomic mass is 32.2. The van der Waals surface area contributed by atoms with Crippen LogP contribution in [0.15, 0.2) is 59.5 Å². The van der Waals surface area contributed by atoms with Gasteiger partial charge in [-0.15, -0.1) is 0 Å².